The normalized spacial score (nSPS) is 17.8. The van der Waals surface area contributed by atoms with Crippen LogP contribution in [-0.2, 0) is 0 Å². The lowest BCUT2D eigenvalue weighted by atomic mass is 9.97. The maximum Gasteiger partial charge on any atom is 0.573 e. The van der Waals surface area contributed by atoms with Gasteiger partial charge in [0.25, 0.3) is 0 Å². The van der Waals surface area contributed by atoms with Crippen LogP contribution in [-0.4, -0.2) is 48.4 Å². The van der Waals surface area contributed by atoms with Gasteiger partial charge >= 0.3 is 12.4 Å². The summed E-state index contributed by atoms with van der Waals surface area (Å²) >= 11 is 0. The first-order chi connectivity index (χ1) is 15.3. The van der Waals surface area contributed by atoms with Crippen LogP contribution in [0.5, 0.6) is 5.75 Å². The first-order valence-corrected chi connectivity index (χ1v) is 10.5. The van der Waals surface area contributed by atoms with Gasteiger partial charge in [-0.15, -0.1) is 19.8 Å². The summed E-state index contributed by atoms with van der Waals surface area (Å²) in [4.78, 5) is 17.1. The largest absolute Gasteiger partial charge is 0.573 e. The second-order valence-electron chi connectivity index (χ2n) is 7.49. The van der Waals surface area contributed by atoms with Gasteiger partial charge < -0.3 is 10.1 Å². The van der Waals surface area contributed by atoms with Crippen LogP contribution in [0, 0.1) is 5.92 Å². The van der Waals surface area contributed by atoms with Gasteiger partial charge in [0.05, 0.1) is 0 Å². The number of amides is 2. The monoisotopic (exact) mass is 449 g/mol. The third kappa shape index (κ3) is 8.26. The summed E-state index contributed by atoms with van der Waals surface area (Å²) in [5.74, 6) is -0.0809. The number of rotatable bonds is 9. The quantitative estimate of drug-likeness (QED) is 0.374. The SMILES string of the molecule is C=CCN1CCCC(CN(C(=O)Nc2ccc(OC(F)(F)F)cc2)/C(C=C)=C/C=C\C)C1. The Balaban J connectivity index is 2.16. The van der Waals surface area contributed by atoms with Gasteiger partial charge in [-0.1, -0.05) is 24.8 Å². The molecule has 1 unspecified atom stereocenters. The van der Waals surface area contributed by atoms with Crippen molar-refractivity contribution >= 4 is 11.7 Å². The predicted molar refractivity (Wildman–Crippen MR) is 121 cm³/mol. The first kappa shape index (κ1) is 25.3. The highest BCUT2D eigenvalue weighted by Gasteiger charge is 2.31. The number of nitrogens with zero attached hydrogens (tertiary/aromatic N) is 2. The van der Waals surface area contributed by atoms with E-state index in [0.29, 0.717) is 17.9 Å². The summed E-state index contributed by atoms with van der Waals surface area (Å²) < 4.78 is 40.9. The Morgan fingerprint density at radius 1 is 1.31 bits per heavy atom. The highest BCUT2D eigenvalue weighted by atomic mass is 19.4. The van der Waals surface area contributed by atoms with Gasteiger partial charge in [0.2, 0.25) is 0 Å². The van der Waals surface area contributed by atoms with E-state index in [1.165, 1.54) is 12.1 Å². The minimum atomic E-state index is -4.77. The molecular formula is C24H30F3N3O2. The number of nitrogens with one attached hydrogen (secondary N) is 1. The lowest BCUT2D eigenvalue weighted by Gasteiger charge is -2.35. The highest BCUT2D eigenvalue weighted by molar-refractivity contribution is 5.91. The topological polar surface area (TPSA) is 44.8 Å². The van der Waals surface area contributed by atoms with Crippen LogP contribution in [0.15, 0.2) is 73.5 Å². The Kier molecular flexibility index (Phi) is 9.59. The number of benzene rings is 1. The smallest absolute Gasteiger partial charge is 0.406 e. The maximum atomic E-state index is 13.1. The van der Waals surface area contributed by atoms with Gasteiger partial charge in [0.1, 0.15) is 5.75 Å². The summed E-state index contributed by atoms with van der Waals surface area (Å²) in [5.41, 5.74) is 0.999. The van der Waals surface area contributed by atoms with Gasteiger partial charge in [-0.2, -0.15) is 0 Å². The molecule has 0 aromatic heterocycles. The summed E-state index contributed by atoms with van der Waals surface area (Å²) in [6, 6.07) is 4.67. The molecule has 1 heterocycles. The Labute approximate surface area is 187 Å². The standard InChI is InChI=1S/C24H30F3N3O2/c1-4-7-10-21(6-3)30(18-19-9-8-16-29(17-19)15-5-2)23(31)28-20-11-13-22(14-12-20)32-24(25,26)27/h4-7,10-14,19H,2-3,8-9,15-18H2,1H3,(H,28,31)/b7-4-,21-10+. The number of carbonyl (C=O) groups excluding carboxylic acids is 1. The number of allylic oxidation sites excluding steroid dienone is 4. The molecule has 0 radical (unpaired) electrons. The van der Waals surface area contributed by atoms with Gasteiger partial charge in [-0.25, -0.2) is 4.79 Å². The number of ether oxygens (including phenoxy) is 1. The number of hydrogen-bond acceptors (Lipinski definition) is 3. The first-order valence-electron chi connectivity index (χ1n) is 10.5. The molecule has 0 aliphatic carbocycles. The van der Waals surface area contributed by atoms with E-state index in [2.05, 4.69) is 28.1 Å². The maximum absolute atomic E-state index is 13.1. The van der Waals surface area contributed by atoms with Gasteiger partial charge in [0, 0.05) is 31.0 Å². The predicted octanol–water partition coefficient (Wildman–Crippen LogP) is 5.96. The van der Waals surface area contributed by atoms with E-state index < -0.39 is 6.36 Å². The number of halogens is 3. The average Bonchev–Trinajstić information content (AvgIpc) is 2.74. The van der Waals surface area contributed by atoms with Crippen LogP contribution in [0.4, 0.5) is 23.7 Å². The third-order valence-corrected chi connectivity index (χ3v) is 5.00. The summed E-state index contributed by atoms with van der Waals surface area (Å²) in [6.45, 7) is 12.7. The molecule has 174 valence electrons. The van der Waals surface area contributed by atoms with E-state index in [0.717, 1.165) is 44.6 Å². The van der Waals surface area contributed by atoms with E-state index in [1.54, 1.807) is 17.1 Å². The van der Waals surface area contributed by atoms with E-state index in [4.69, 9.17) is 0 Å². The van der Waals surface area contributed by atoms with Crippen LogP contribution in [0.3, 0.4) is 0 Å². The zero-order chi connectivity index (χ0) is 23.6. The molecule has 1 aliphatic heterocycles. The number of carbonyl (C=O) groups is 1. The number of urea groups is 1. The van der Waals surface area contributed by atoms with Crippen molar-refractivity contribution in [3.05, 3.63) is 73.5 Å². The molecule has 1 fully saturated rings. The molecule has 1 saturated heterocycles. The molecule has 1 aromatic carbocycles. The molecule has 2 amide bonds. The van der Waals surface area contributed by atoms with Crippen molar-refractivity contribution in [1.29, 1.82) is 0 Å². The molecule has 1 atom stereocenters. The minimum absolute atomic E-state index is 0.269. The second kappa shape index (κ2) is 12.1. The van der Waals surface area contributed by atoms with Crippen molar-refractivity contribution in [3.63, 3.8) is 0 Å². The number of hydrogen-bond donors (Lipinski definition) is 1. The van der Waals surface area contributed by atoms with Crippen LogP contribution in [0.25, 0.3) is 0 Å². The molecule has 8 heteroatoms. The fraction of sp³-hybridized carbons (Fsp3) is 0.375. The second-order valence-corrected chi connectivity index (χ2v) is 7.49. The van der Waals surface area contributed by atoms with Crippen molar-refractivity contribution in [2.24, 2.45) is 5.92 Å². The molecule has 1 aromatic rings. The van der Waals surface area contributed by atoms with E-state index in [1.807, 2.05) is 25.2 Å². The summed E-state index contributed by atoms with van der Waals surface area (Å²) in [7, 11) is 0. The Morgan fingerprint density at radius 2 is 2.03 bits per heavy atom. The molecule has 2 rings (SSSR count). The Morgan fingerprint density at radius 3 is 2.62 bits per heavy atom. The van der Waals surface area contributed by atoms with Crippen molar-refractivity contribution in [2.45, 2.75) is 26.1 Å². The number of anilines is 1. The van der Waals surface area contributed by atoms with Gasteiger partial charge in [-0.3, -0.25) is 9.80 Å². The van der Waals surface area contributed by atoms with Crippen LogP contribution in [0.2, 0.25) is 0 Å². The lowest BCUT2D eigenvalue weighted by molar-refractivity contribution is -0.274. The molecule has 1 aliphatic rings. The molecule has 5 nitrogen and oxygen atoms in total. The fourth-order valence-electron chi connectivity index (χ4n) is 3.61. The Hall–Kier alpha value is -3.00. The number of alkyl halides is 3. The minimum Gasteiger partial charge on any atom is -0.406 e. The van der Waals surface area contributed by atoms with Crippen LogP contribution < -0.4 is 10.1 Å². The van der Waals surface area contributed by atoms with Crippen molar-refractivity contribution in [1.82, 2.24) is 9.80 Å². The molecule has 32 heavy (non-hydrogen) atoms. The van der Waals surface area contributed by atoms with E-state index >= 15 is 0 Å². The van der Waals surface area contributed by atoms with E-state index in [9.17, 15) is 18.0 Å². The van der Waals surface area contributed by atoms with Crippen molar-refractivity contribution in [3.8, 4) is 5.75 Å². The van der Waals surface area contributed by atoms with Crippen molar-refractivity contribution in [2.75, 3.05) is 31.5 Å². The molecule has 0 spiro atoms. The molecular weight excluding hydrogens is 419 g/mol. The van der Waals surface area contributed by atoms with Crippen LogP contribution in [0.1, 0.15) is 19.8 Å². The summed E-state index contributed by atoms with van der Waals surface area (Å²) in [6.07, 6.45) is 6.24. The van der Waals surface area contributed by atoms with Crippen molar-refractivity contribution < 1.29 is 22.7 Å². The number of likely N-dealkylation sites (tertiary alicyclic amines) is 1. The zero-order valence-electron chi connectivity index (χ0n) is 18.3. The lowest BCUT2D eigenvalue weighted by Crippen LogP contribution is -2.43. The molecule has 0 bridgehead atoms. The average molecular weight is 450 g/mol. The summed E-state index contributed by atoms with van der Waals surface area (Å²) in [5, 5.41) is 2.76. The highest BCUT2D eigenvalue weighted by Crippen LogP contribution is 2.25. The van der Waals surface area contributed by atoms with E-state index in [-0.39, 0.29) is 17.7 Å². The van der Waals surface area contributed by atoms with Gasteiger partial charge in [0.15, 0.2) is 0 Å². The van der Waals surface area contributed by atoms with Gasteiger partial charge in [-0.05, 0) is 68.6 Å². The number of piperidine rings is 1. The fourth-order valence-corrected chi connectivity index (χ4v) is 3.61. The molecule has 0 saturated carbocycles. The zero-order valence-corrected chi connectivity index (χ0v) is 18.3. The Bertz CT molecular complexity index is 832. The van der Waals surface area contributed by atoms with Crippen LogP contribution >= 0.6 is 0 Å². The molecule has 1 N–H and O–H groups in total. The third-order valence-electron chi connectivity index (χ3n) is 5.00.